The van der Waals surface area contributed by atoms with Gasteiger partial charge in [0.15, 0.2) is 11.6 Å². The van der Waals surface area contributed by atoms with Crippen LogP contribution < -0.4 is 11.1 Å². The molecule has 1 aromatic carbocycles. The first-order valence-corrected chi connectivity index (χ1v) is 6.54. The van der Waals surface area contributed by atoms with Crippen molar-refractivity contribution in [2.24, 2.45) is 11.7 Å². The molecule has 2 atom stereocenters. The Balaban J connectivity index is 1.92. The molecule has 19 heavy (non-hydrogen) atoms. The number of nitrogens with one attached hydrogen (secondary N) is 1. The van der Waals surface area contributed by atoms with Crippen molar-refractivity contribution in [2.45, 2.75) is 31.7 Å². The van der Waals surface area contributed by atoms with Crippen LogP contribution in [0.4, 0.5) is 8.78 Å². The number of carbonyl (C=O) groups excluding carboxylic acids is 1. The molecule has 3 N–H and O–H groups in total. The molecule has 1 fully saturated rings. The molecule has 0 unspecified atom stereocenters. The molecule has 1 aliphatic heterocycles. The Morgan fingerprint density at radius 2 is 2.11 bits per heavy atom. The molecular weight excluding hydrogens is 250 g/mol. The zero-order valence-electron chi connectivity index (χ0n) is 10.7. The van der Waals surface area contributed by atoms with E-state index in [0.717, 1.165) is 12.5 Å². The fourth-order valence-electron chi connectivity index (χ4n) is 2.37. The summed E-state index contributed by atoms with van der Waals surface area (Å²) in [6.45, 7) is 0.559. The molecule has 1 heterocycles. The van der Waals surface area contributed by atoms with Gasteiger partial charge in [-0.15, -0.1) is 0 Å². The number of halogens is 2. The summed E-state index contributed by atoms with van der Waals surface area (Å²) in [6.07, 6.45) is 2.66. The highest BCUT2D eigenvalue weighted by Gasteiger charge is 2.22. The van der Waals surface area contributed by atoms with E-state index < -0.39 is 17.7 Å². The topological polar surface area (TPSA) is 55.1 Å². The summed E-state index contributed by atoms with van der Waals surface area (Å²) < 4.78 is 26.6. The average molecular weight is 268 g/mol. The van der Waals surface area contributed by atoms with Crippen LogP contribution in [-0.4, -0.2) is 18.5 Å². The molecule has 0 saturated carbocycles. The van der Waals surface area contributed by atoms with Crippen LogP contribution in [0, 0.1) is 17.6 Å². The smallest absolute Gasteiger partial charge is 0.236 e. The SMILES string of the molecule is N[C@@H]1CC[C@H](CCc2cccc(F)c2F)CNC1=O. The fraction of sp³-hybridized carbons (Fsp3) is 0.500. The number of benzene rings is 1. The third-order valence-electron chi connectivity index (χ3n) is 3.64. The van der Waals surface area contributed by atoms with Crippen LogP contribution in [0.5, 0.6) is 0 Å². The Hall–Kier alpha value is -1.49. The summed E-state index contributed by atoms with van der Waals surface area (Å²) in [5.41, 5.74) is 6.06. The Bertz CT molecular complexity index is 465. The maximum atomic E-state index is 13.5. The molecule has 1 aromatic rings. The lowest BCUT2D eigenvalue weighted by Gasteiger charge is -2.14. The molecular formula is C14H18F2N2O. The molecule has 0 radical (unpaired) electrons. The van der Waals surface area contributed by atoms with E-state index >= 15 is 0 Å². The maximum absolute atomic E-state index is 13.5. The number of aryl methyl sites for hydroxylation is 1. The molecule has 0 aliphatic carbocycles. The van der Waals surface area contributed by atoms with Crippen LogP contribution >= 0.6 is 0 Å². The third kappa shape index (κ3) is 3.50. The van der Waals surface area contributed by atoms with Gasteiger partial charge in [0, 0.05) is 6.54 Å². The lowest BCUT2D eigenvalue weighted by molar-refractivity contribution is -0.122. The summed E-state index contributed by atoms with van der Waals surface area (Å²) in [5.74, 6) is -1.44. The highest BCUT2D eigenvalue weighted by atomic mass is 19.2. The number of carbonyl (C=O) groups is 1. The first-order chi connectivity index (χ1) is 9.08. The van der Waals surface area contributed by atoms with Crippen molar-refractivity contribution in [3.05, 3.63) is 35.4 Å². The standard InChI is InChI=1S/C14H18F2N2O/c15-11-3-1-2-10(13(11)16)6-4-9-5-7-12(17)14(19)18-8-9/h1-3,9,12H,4-8,17H2,(H,18,19)/t9-,12+/m0/s1. The second-order valence-corrected chi connectivity index (χ2v) is 5.05. The summed E-state index contributed by atoms with van der Waals surface area (Å²) in [4.78, 5) is 11.4. The number of nitrogens with two attached hydrogens (primary N) is 1. The van der Waals surface area contributed by atoms with Gasteiger partial charge in [0.05, 0.1) is 6.04 Å². The van der Waals surface area contributed by atoms with Crippen molar-refractivity contribution in [3.63, 3.8) is 0 Å². The molecule has 0 aromatic heterocycles. The molecule has 0 bridgehead atoms. The van der Waals surface area contributed by atoms with Crippen molar-refractivity contribution in [1.82, 2.24) is 5.32 Å². The number of amides is 1. The van der Waals surface area contributed by atoms with Crippen molar-refractivity contribution in [2.75, 3.05) is 6.54 Å². The van der Waals surface area contributed by atoms with Gasteiger partial charge in [-0.1, -0.05) is 12.1 Å². The van der Waals surface area contributed by atoms with Gasteiger partial charge < -0.3 is 11.1 Å². The summed E-state index contributed by atoms with van der Waals surface area (Å²) in [7, 11) is 0. The number of hydrogen-bond donors (Lipinski definition) is 2. The largest absolute Gasteiger partial charge is 0.354 e. The summed E-state index contributed by atoms with van der Waals surface area (Å²) in [5, 5.41) is 2.77. The predicted molar refractivity (Wildman–Crippen MR) is 68.4 cm³/mol. The lowest BCUT2D eigenvalue weighted by Crippen LogP contribution is -2.39. The van der Waals surface area contributed by atoms with Crippen LogP contribution in [0.2, 0.25) is 0 Å². The van der Waals surface area contributed by atoms with E-state index in [2.05, 4.69) is 5.32 Å². The summed E-state index contributed by atoms with van der Waals surface area (Å²) >= 11 is 0. The number of rotatable bonds is 3. The van der Waals surface area contributed by atoms with Crippen molar-refractivity contribution >= 4 is 5.91 Å². The van der Waals surface area contributed by atoms with E-state index in [-0.39, 0.29) is 11.8 Å². The first kappa shape index (κ1) is 13.9. The van der Waals surface area contributed by atoms with Gasteiger partial charge >= 0.3 is 0 Å². The zero-order valence-corrected chi connectivity index (χ0v) is 10.7. The van der Waals surface area contributed by atoms with Gasteiger partial charge in [-0.05, 0) is 43.2 Å². The van der Waals surface area contributed by atoms with Gasteiger partial charge in [0.1, 0.15) is 0 Å². The quantitative estimate of drug-likeness (QED) is 0.877. The number of hydrogen-bond acceptors (Lipinski definition) is 2. The first-order valence-electron chi connectivity index (χ1n) is 6.54. The van der Waals surface area contributed by atoms with E-state index in [1.807, 2.05) is 0 Å². The maximum Gasteiger partial charge on any atom is 0.236 e. The van der Waals surface area contributed by atoms with E-state index in [4.69, 9.17) is 5.73 Å². The molecule has 0 spiro atoms. The molecule has 1 amide bonds. The molecule has 104 valence electrons. The zero-order chi connectivity index (χ0) is 13.8. The minimum absolute atomic E-state index is 0.126. The van der Waals surface area contributed by atoms with Crippen LogP contribution in [0.1, 0.15) is 24.8 Å². The molecule has 3 nitrogen and oxygen atoms in total. The van der Waals surface area contributed by atoms with E-state index in [1.54, 1.807) is 6.07 Å². The fourth-order valence-corrected chi connectivity index (χ4v) is 2.37. The van der Waals surface area contributed by atoms with E-state index in [9.17, 15) is 13.6 Å². The van der Waals surface area contributed by atoms with E-state index in [1.165, 1.54) is 6.07 Å². The monoisotopic (exact) mass is 268 g/mol. The van der Waals surface area contributed by atoms with Crippen LogP contribution in [0.25, 0.3) is 0 Å². The van der Waals surface area contributed by atoms with Gasteiger partial charge in [0.25, 0.3) is 0 Å². The predicted octanol–water partition coefficient (Wildman–Crippen LogP) is 1.75. The van der Waals surface area contributed by atoms with Gasteiger partial charge in [-0.3, -0.25) is 4.79 Å². The molecule has 1 aliphatic rings. The van der Waals surface area contributed by atoms with Crippen LogP contribution in [0.15, 0.2) is 18.2 Å². The molecule has 1 saturated heterocycles. The Labute approximate surface area is 111 Å². The van der Waals surface area contributed by atoms with Gasteiger partial charge in [-0.2, -0.15) is 0 Å². The van der Waals surface area contributed by atoms with Crippen LogP contribution in [-0.2, 0) is 11.2 Å². The average Bonchev–Trinajstić information content (AvgIpc) is 2.55. The minimum Gasteiger partial charge on any atom is -0.354 e. The normalized spacial score (nSPS) is 23.8. The highest BCUT2D eigenvalue weighted by Crippen LogP contribution is 2.20. The second kappa shape index (κ2) is 6.10. The van der Waals surface area contributed by atoms with Gasteiger partial charge in [-0.25, -0.2) is 8.78 Å². The second-order valence-electron chi connectivity index (χ2n) is 5.05. The van der Waals surface area contributed by atoms with E-state index in [0.29, 0.717) is 31.4 Å². The van der Waals surface area contributed by atoms with Gasteiger partial charge in [0.2, 0.25) is 5.91 Å². The Morgan fingerprint density at radius 3 is 2.89 bits per heavy atom. The lowest BCUT2D eigenvalue weighted by atomic mass is 9.94. The molecule has 5 heteroatoms. The molecule has 2 rings (SSSR count). The minimum atomic E-state index is -0.811. The van der Waals surface area contributed by atoms with Crippen molar-refractivity contribution in [3.8, 4) is 0 Å². The highest BCUT2D eigenvalue weighted by molar-refractivity contribution is 5.81. The Kier molecular flexibility index (Phi) is 4.47. The van der Waals surface area contributed by atoms with Crippen molar-refractivity contribution < 1.29 is 13.6 Å². The third-order valence-corrected chi connectivity index (χ3v) is 3.64. The Morgan fingerprint density at radius 1 is 1.32 bits per heavy atom. The van der Waals surface area contributed by atoms with Crippen LogP contribution in [0.3, 0.4) is 0 Å². The summed E-state index contributed by atoms with van der Waals surface area (Å²) in [6, 6.07) is 3.78. The van der Waals surface area contributed by atoms with Crippen molar-refractivity contribution in [1.29, 1.82) is 0 Å².